The van der Waals surface area contributed by atoms with E-state index >= 15 is 0 Å². The van der Waals surface area contributed by atoms with Crippen LogP contribution >= 0.6 is 0 Å². The summed E-state index contributed by atoms with van der Waals surface area (Å²) in [5.41, 5.74) is -0.131. The lowest BCUT2D eigenvalue weighted by Crippen LogP contribution is -2.50. The first kappa shape index (κ1) is 10.5. The van der Waals surface area contributed by atoms with E-state index in [1.54, 1.807) is 0 Å². The highest BCUT2D eigenvalue weighted by atomic mass is 16.2. The van der Waals surface area contributed by atoms with Crippen LogP contribution in [0.5, 0.6) is 0 Å². The fourth-order valence-electron chi connectivity index (χ4n) is 1.97. The largest absolute Gasteiger partial charge is 0.356 e. The summed E-state index contributed by atoms with van der Waals surface area (Å²) in [4.78, 5) is 11.8. The molecule has 3 nitrogen and oxygen atoms in total. The van der Waals surface area contributed by atoms with Crippen molar-refractivity contribution in [3.05, 3.63) is 0 Å². The smallest absolute Gasteiger partial charge is 0.227 e. The van der Waals surface area contributed by atoms with Crippen molar-refractivity contribution in [3.8, 4) is 0 Å². The molecule has 0 spiro atoms. The molecule has 1 saturated heterocycles. The van der Waals surface area contributed by atoms with Gasteiger partial charge >= 0.3 is 0 Å². The standard InChI is InChI=1S/C10H20N2O/c1-3-10(9(13)12-4-2)6-5-7-11-8-10/h11H,3-8H2,1-2H3,(H,12,13). The summed E-state index contributed by atoms with van der Waals surface area (Å²) in [6, 6.07) is 0. The highest BCUT2D eigenvalue weighted by Gasteiger charge is 2.37. The fourth-order valence-corrected chi connectivity index (χ4v) is 1.97. The molecule has 1 unspecified atom stereocenters. The van der Waals surface area contributed by atoms with Gasteiger partial charge in [-0.25, -0.2) is 0 Å². The number of nitrogens with one attached hydrogen (secondary N) is 2. The molecule has 1 rings (SSSR count). The molecule has 3 heteroatoms. The Labute approximate surface area is 80.3 Å². The van der Waals surface area contributed by atoms with Gasteiger partial charge in [0.05, 0.1) is 5.41 Å². The summed E-state index contributed by atoms with van der Waals surface area (Å²) >= 11 is 0. The Morgan fingerprint density at radius 3 is 2.77 bits per heavy atom. The lowest BCUT2D eigenvalue weighted by molar-refractivity contribution is -0.132. The third-order valence-electron chi connectivity index (χ3n) is 2.97. The maximum atomic E-state index is 11.8. The summed E-state index contributed by atoms with van der Waals surface area (Å²) in [6.45, 7) is 6.71. The quantitative estimate of drug-likeness (QED) is 0.684. The van der Waals surface area contributed by atoms with Crippen molar-refractivity contribution >= 4 is 5.91 Å². The fraction of sp³-hybridized carbons (Fsp3) is 0.900. The molecular formula is C10H20N2O. The molecular weight excluding hydrogens is 164 g/mol. The highest BCUT2D eigenvalue weighted by Crippen LogP contribution is 2.29. The van der Waals surface area contributed by atoms with Gasteiger partial charge in [-0.1, -0.05) is 6.92 Å². The lowest BCUT2D eigenvalue weighted by Gasteiger charge is -2.35. The molecule has 76 valence electrons. The third-order valence-corrected chi connectivity index (χ3v) is 2.97. The number of piperidine rings is 1. The third kappa shape index (κ3) is 2.21. The minimum absolute atomic E-state index is 0.131. The first-order chi connectivity index (χ1) is 6.25. The number of carbonyl (C=O) groups excluding carboxylic acids is 1. The Morgan fingerprint density at radius 1 is 1.54 bits per heavy atom. The maximum Gasteiger partial charge on any atom is 0.227 e. The molecule has 0 aliphatic carbocycles. The summed E-state index contributed by atoms with van der Waals surface area (Å²) < 4.78 is 0. The maximum absolute atomic E-state index is 11.8. The monoisotopic (exact) mass is 184 g/mol. The number of hydrogen-bond donors (Lipinski definition) is 2. The first-order valence-corrected chi connectivity index (χ1v) is 5.24. The summed E-state index contributed by atoms with van der Waals surface area (Å²) in [5, 5.41) is 6.23. The van der Waals surface area contributed by atoms with Gasteiger partial charge in [-0.2, -0.15) is 0 Å². The van der Waals surface area contributed by atoms with Crippen molar-refractivity contribution < 1.29 is 4.79 Å². The van der Waals surface area contributed by atoms with Crippen molar-refractivity contribution in [2.75, 3.05) is 19.6 Å². The molecule has 1 aliphatic heterocycles. The number of amides is 1. The zero-order chi connectivity index (χ0) is 9.73. The van der Waals surface area contributed by atoms with E-state index in [-0.39, 0.29) is 11.3 Å². The Hall–Kier alpha value is -0.570. The molecule has 0 aromatic carbocycles. The van der Waals surface area contributed by atoms with Crippen molar-refractivity contribution in [1.82, 2.24) is 10.6 Å². The van der Waals surface area contributed by atoms with Gasteiger partial charge in [0.2, 0.25) is 5.91 Å². The molecule has 0 saturated carbocycles. The Balaban J connectivity index is 2.61. The minimum atomic E-state index is -0.131. The predicted octanol–water partition coefficient (Wildman–Crippen LogP) is 0.902. The second-order valence-electron chi connectivity index (χ2n) is 3.77. The summed E-state index contributed by atoms with van der Waals surface area (Å²) in [6.07, 6.45) is 3.08. The second-order valence-corrected chi connectivity index (χ2v) is 3.77. The lowest BCUT2D eigenvalue weighted by atomic mass is 9.77. The predicted molar refractivity (Wildman–Crippen MR) is 53.5 cm³/mol. The molecule has 0 radical (unpaired) electrons. The second kappa shape index (κ2) is 4.61. The zero-order valence-electron chi connectivity index (χ0n) is 8.65. The van der Waals surface area contributed by atoms with Crippen LogP contribution in [-0.4, -0.2) is 25.5 Å². The van der Waals surface area contributed by atoms with Crippen molar-refractivity contribution in [2.24, 2.45) is 5.41 Å². The van der Waals surface area contributed by atoms with Crippen LogP contribution in [0.25, 0.3) is 0 Å². The molecule has 0 aromatic heterocycles. The minimum Gasteiger partial charge on any atom is -0.356 e. The van der Waals surface area contributed by atoms with E-state index in [0.29, 0.717) is 0 Å². The molecule has 0 bridgehead atoms. The number of hydrogen-bond acceptors (Lipinski definition) is 2. The van der Waals surface area contributed by atoms with Crippen LogP contribution in [0.1, 0.15) is 33.1 Å². The molecule has 13 heavy (non-hydrogen) atoms. The van der Waals surface area contributed by atoms with Crippen molar-refractivity contribution in [1.29, 1.82) is 0 Å². The topological polar surface area (TPSA) is 41.1 Å². The average Bonchev–Trinajstić information content (AvgIpc) is 2.19. The highest BCUT2D eigenvalue weighted by molar-refractivity contribution is 5.82. The van der Waals surface area contributed by atoms with Gasteiger partial charge in [-0.15, -0.1) is 0 Å². The molecule has 2 N–H and O–H groups in total. The van der Waals surface area contributed by atoms with Crippen molar-refractivity contribution in [3.63, 3.8) is 0 Å². The van der Waals surface area contributed by atoms with Crippen LogP contribution in [0.2, 0.25) is 0 Å². The van der Waals surface area contributed by atoms with E-state index < -0.39 is 0 Å². The van der Waals surface area contributed by atoms with E-state index in [1.807, 2.05) is 6.92 Å². The Morgan fingerprint density at radius 2 is 2.31 bits per heavy atom. The number of carbonyl (C=O) groups is 1. The molecule has 1 atom stereocenters. The SMILES string of the molecule is CCNC(=O)C1(CC)CCCNC1. The van der Waals surface area contributed by atoms with Crippen LogP contribution in [-0.2, 0) is 4.79 Å². The molecule has 1 fully saturated rings. The molecule has 1 amide bonds. The Kier molecular flexibility index (Phi) is 3.72. The molecule has 1 aliphatic rings. The van der Waals surface area contributed by atoms with Crippen LogP contribution in [0.4, 0.5) is 0 Å². The van der Waals surface area contributed by atoms with Gasteiger partial charge in [0, 0.05) is 13.1 Å². The van der Waals surface area contributed by atoms with E-state index in [9.17, 15) is 4.79 Å². The zero-order valence-corrected chi connectivity index (χ0v) is 8.65. The van der Waals surface area contributed by atoms with Gasteiger partial charge < -0.3 is 10.6 Å². The number of rotatable bonds is 3. The van der Waals surface area contributed by atoms with Crippen LogP contribution in [0.15, 0.2) is 0 Å². The van der Waals surface area contributed by atoms with Crippen molar-refractivity contribution in [2.45, 2.75) is 33.1 Å². The average molecular weight is 184 g/mol. The van der Waals surface area contributed by atoms with Crippen LogP contribution < -0.4 is 10.6 Å². The van der Waals surface area contributed by atoms with E-state index in [0.717, 1.165) is 38.9 Å². The first-order valence-electron chi connectivity index (χ1n) is 5.24. The van der Waals surface area contributed by atoms with Gasteiger partial charge in [0.1, 0.15) is 0 Å². The van der Waals surface area contributed by atoms with Gasteiger partial charge in [-0.05, 0) is 32.7 Å². The normalized spacial score (nSPS) is 28.5. The van der Waals surface area contributed by atoms with E-state index in [2.05, 4.69) is 17.6 Å². The van der Waals surface area contributed by atoms with Gasteiger partial charge in [-0.3, -0.25) is 4.79 Å². The summed E-state index contributed by atoms with van der Waals surface area (Å²) in [5.74, 6) is 0.227. The van der Waals surface area contributed by atoms with Gasteiger partial charge in [0.15, 0.2) is 0 Å². The van der Waals surface area contributed by atoms with Crippen LogP contribution in [0.3, 0.4) is 0 Å². The van der Waals surface area contributed by atoms with Crippen LogP contribution in [0, 0.1) is 5.41 Å². The molecule has 0 aromatic rings. The van der Waals surface area contributed by atoms with Gasteiger partial charge in [0.25, 0.3) is 0 Å². The van der Waals surface area contributed by atoms with E-state index in [1.165, 1.54) is 0 Å². The Bertz CT molecular complexity index is 174. The molecule has 1 heterocycles. The van der Waals surface area contributed by atoms with E-state index in [4.69, 9.17) is 0 Å². The summed E-state index contributed by atoms with van der Waals surface area (Å²) in [7, 11) is 0.